The van der Waals surface area contributed by atoms with Gasteiger partial charge in [-0.2, -0.15) is 0 Å². The van der Waals surface area contributed by atoms with Crippen LogP contribution in [0.2, 0.25) is 0 Å². The minimum absolute atomic E-state index is 0.0955. The number of ether oxygens (including phenoxy) is 1. The molecule has 0 aliphatic heterocycles. The maximum Gasteiger partial charge on any atom is 0.240 e. The molecule has 5 nitrogen and oxygen atoms in total. The molecule has 1 heterocycles. The first-order chi connectivity index (χ1) is 11.2. The molecule has 1 fully saturated rings. The minimum atomic E-state index is 0.0955. The van der Waals surface area contributed by atoms with Gasteiger partial charge in [0.1, 0.15) is 0 Å². The van der Waals surface area contributed by atoms with Crippen LogP contribution in [0.5, 0.6) is 5.88 Å². The molecule has 1 saturated carbocycles. The molecule has 3 rings (SSSR count). The zero-order valence-electron chi connectivity index (χ0n) is 14.0. The van der Waals surface area contributed by atoms with E-state index in [4.69, 9.17) is 4.74 Å². The molecule has 124 valence electrons. The lowest BCUT2D eigenvalue weighted by molar-refractivity contribution is -0.116. The van der Waals surface area contributed by atoms with Gasteiger partial charge in [-0.05, 0) is 37.5 Å². The lowest BCUT2D eigenvalue weighted by Crippen LogP contribution is -2.12. The van der Waals surface area contributed by atoms with Crippen molar-refractivity contribution in [3.8, 4) is 5.88 Å². The van der Waals surface area contributed by atoms with Crippen LogP contribution < -0.4 is 10.1 Å². The number of benzene rings is 1. The molecule has 1 aliphatic rings. The van der Waals surface area contributed by atoms with Crippen molar-refractivity contribution >= 4 is 22.5 Å². The van der Waals surface area contributed by atoms with Crippen molar-refractivity contribution in [1.29, 1.82) is 0 Å². The van der Waals surface area contributed by atoms with E-state index >= 15 is 0 Å². The molecule has 5 heteroatoms. The Labute approximate surface area is 137 Å². The maximum absolute atomic E-state index is 12.2. The summed E-state index contributed by atoms with van der Waals surface area (Å²) in [4.78, 5) is 12.2. The molecule has 0 saturated heterocycles. The average molecular weight is 315 g/mol. The normalized spacial score (nSPS) is 15.2. The van der Waals surface area contributed by atoms with Gasteiger partial charge in [-0.1, -0.05) is 25.7 Å². The van der Waals surface area contributed by atoms with Gasteiger partial charge in [-0.3, -0.25) is 9.48 Å². The number of nitrogens with zero attached hydrogens (tertiary/aromatic N) is 2. The lowest BCUT2D eigenvalue weighted by atomic mass is 10.0. The summed E-state index contributed by atoms with van der Waals surface area (Å²) in [5, 5.41) is 8.31. The van der Waals surface area contributed by atoms with E-state index in [2.05, 4.69) is 10.4 Å². The number of carbonyl (C=O) groups is 1. The largest absolute Gasteiger partial charge is 0.476 e. The molecule has 0 unspecified atom stereocenters. The summed E-state index contributed by atoms with van der Waals surface area (Å²) >= 11 is 0. The van der Waals surface area contributed by atoms with E-state index in [-0.39, 0.29) is 5.91 Å². The second kappa shape index (κ2) is 7.02. The summed E-state index contributed by atoms with van der Waals surface area (Å²) < 4.78 is 7.37. The standard InChI is InChI=1S/C18H25N3O2/c1-3-23-18-15-12-14(9-10-16(15)21(2)20-18)19-17(22)11-8-13-6-4-5-7-13/h9-10,12-13H,3-8,11H2,1-2H3,(H,19,22). The molecule has 23 heavy (non-hydrogen) atoms. The van der Waals surface area contributed by atoms with Gasteiger partial charge in [0, 0.05) is 19.2 Å². The van der Waals surface area contributed by atoms with E-state index in [0.29, 0.717) is 18.9 Å². The van der Waals surface area contributed by atoms with Crippen LogP contribution in [0, 0.1) is 5.92 Å². The fourth-order valence-corrected chi connectivity index (χ4v) is 3.41. The third-order valence-electron chi connectivity index (χ3n) is 4.64. The van der Waals surface area contributed by atoms with Crippen LogP contribution in [0.15, 0.2) is 18.2 Å². The monoisotopic (exact) mass is 315 g/mol. The number of anilines is 1. The maximum atomic E-state index is 12.2. The zero-order chi connectivity index (χ0) is 16.2. The van der Waals surface area contributed by atoms with Crippen LogP contribution in [0.25, 0.3) is 10.9 Å². The topological polar surface area (TPSA) is 56.1 Å². The van der Waals surface area contributed by atoms with E-state index in [1.807, 2.05) is 32.2 Å². The number of nitrogens with one attached hydrogen (secondary N) is 1. The molecule has 1 N–H and O–H groups in total. The molecule has 0 spiro atoms. The Kier molecular flexibility index (Phi) is 4.84. The quantitative estimate of drug-likeness (QED) is 0.880. The highest BCUT2D eigenvalue weighted by Crippen LogP contribution is 2.29. The van der Waals surface area contributed by atoms with Gasteiger partial charge in [0.25, 0.3) is 0 Å². The summed E-state index contributed by atoms with van der Waals surface area (Å²) in [5.74, 6) is 1.45. The molecule has 0 radical (unpaired) electrons. The van der Waals surface area contributed by atoms with Crippen LogP contribution >= 0.6 is 0 Å². The second-order valence-corrected chi connectivity index (χ2v) is 6.33. The van der Waals surface area contributed by atoms with Crippen molar-refractivity contribution in [2.24, 2.45) is 13.0 Å². The Bertz CT molecular complexity index is 687. The number of hydrogen-bond acceptors (Lipinski definition) is 3. The summed E-state index contributed by atoms with van der Waals surface area (Å²) in [6, 6.07) is 5.84. The van der Waals surface area contributed by atoms with Crippen molar-refractivity contribution < 1.29 is 9.53 Å². The Morgan fingerprint density at radius 3 is 2.91 bits per heavy atom. The third-order valence-corrected chi connectivity index (χ3v) is 4.64. The van der Waals surface area contributed by atoms with Gasteiger partial charge in [0.2, 0.25) is 11.8 Å². The molecule has 0 bridgehead atoms. The van der Waals surface area contributed by atoms with E-state index < -0.39 is 0 Å². The third kappa shape index (κ3) is 3.66. The molecule has 1 amide bonds. The first-order valence-electron chi connectivity index (χ1n) is 8.56. The number of aromatic nitrogens is 2. The summed E-state index contributed by atoms with van der Waals surface area (Å²) in [7, 11) is 1.89. The highest BCUT2D eigenvalue weighted by atomic mass is 16.5. The van der Waals surface area contributed by atoms with Crippen molar-refractivity contribution in [2.75, 3.05) is 11.9 Å². The first-order valence-corrected chi connectivity index (χ1v) is 8.56. The van der Waals surface area contributed by atoms with Crippen LogP contribution in [0.1, 0.15) is 45.4 Å². The predicted octanol–water partition coefficient (Wildman–Crippen LogP) is 3.88. The zero-order valence-corrected chi connectivity index (χ0v) is 14.0. The molecule has 2 aromatic rings. The predicted molar refractivity (Wildman–Crippen MR) is 91.7 cm³/mol. The number of amides is 1. The van der Waals surface area contributed by atoms with E-state index in [0.717, 1.165) is 28.9 Å². The Morgan fingerprint density at radius 2 is 2.17 bits per heavy atom. The van der Waals surface area contributed by atoms with Crippen LogP contribution in [0.3, 0.4) is 0 Å². The van der Waals surface area contributed by atoms with Gasteiger partial charge < -0.3 is 10.1 Å². The van der Waals surface area contributed by atoms with Gasteiger partial charge in [0.15, 0.2) is 0 Å². The second-order valence-electron chi connectivity index (χ2n) is 6.33. The van der Waals surface area contributed by atoms with Gasteiger partial charge in [-0.15, -0.1) is 5.10 Å². The fraction of sp³-hybridized carbons (Fsp3) is 0.556. The summed E-state index contributed by atoms with van der Waals surface area (Å²) in [5.41, 5.74) is 1.81. The van der Waals surface area contributed by atoms with Gasteiger partial charge in [0.05, 0.1) is 17.5 Å². The van der Waals surface area contributed by atoms with Crippen molar-refractivity contribution in [1.82, 2.24) is 9.78 Å². The van der Waals surface area contributed by atoms with Crippen LogP contribution in [-0.4, -0.2) is 22.3 Å². The van der Waals surface area contributed by atoms with Gasteiger partial charge >= 0.3 is 0 Å². The number of hydrogen-bond donors (Lipinski definition) is 1. The number of rotatable bonds is 6. The van der Waals surface area contributed by atoms with E-state index in [9.17, 15) is 4.79 Å². The van der Waals surface area contributed by atoms with Crippen molar-refractivity contribution in [2.45, 2.75) is 45.4 Å². The van der Waals surface area contributed by atoms with E-state index in [1.54, 1.807) is 4.68 Å². The Morgan fingerprint density at radius 1 is 1.39 bits per heavy atom. The molecule has 1 aliphatic carbocycles. The molecular weight excluding hydrogens is 290 g/mol. The molecular formula is C18H25N3O2. The molecule has 0 atom stereocenters. The molecule has 1 aromatic heterocycles. The fourth-order valence-electron chi connectivity index (χ4n) is 3.41. The Balaban J connectivity index is 1.67. The minimum Gasteiger partial charge on any atom is -0.476 e. The molecule has 1 aromatic carbocycles. The first kappa shape index (κ1) is 15.8. The van der Waals surface area contributed by atoms with Crippen molar-refractivity contribution in [3.05, 3.63) is 18.2 Å². The Hall–Kier alpha value is -2.04. The highest BCUT2D eigenvalue weighted by Gasteiger charge is 2.16. The summed E-state index contributed by atoms with van der Waals surface area (Å²) in [6.07, 6.45) is 6.83. The summed E-state index contributed by atoms with van der Waals surface area (Å²) in [6.45, 7) is 2.51. The van der Waals surface area contributed by atoms with Crippen LogP contribution in [0.4, 0.5) is 5.69 Å². The smallest absolute Gasteiger partial charge is 0.240 e. The highest BCUT2D eigenvalue weighted by molar-refractivity contribution is 5.95. The van der Waals surface area contributed by atoms with Crippen molar-refractivity contribution in [3.63, 3.8) is 0 Å². The number of fused-ring (bicyclic) bond motifs is 1. The van der Waals surface area contributed by atoms with Crippen LogP contribution in [-0.2, 0) is 11.8 Å². The lowest BCUT2D eigenvalue weighted by Gasteiger charge is -2.09. The van der Waals surface area contributed by atoms with E-state index in [1.165, 1.54) is 25.7 Å². The number of carbonyl (C=O) groups excluding carboxylic acids is 1. The number of aryl methyl sites for hydroxylation is 1. The SMILES string of the molecule is CCOc1nn(C)c2ccc(NC(=O)CCC3CCCC3)cc12. The average Bonchev–Trinajstić information content (AvgIpc) is 3.15. The van der Waals surface area contributed by atoms with Gasteiger partial charge in [-0.25, -0.2) is 0 Å².